The molecule has 0 aromatic heterocycles. The summed E-state index contributed by atoms with van der Waals surface area (Å²) in [4.78, 5) is 0. The lowest BCUT2D eigenvalue weighted by Crippen LogP contribution is -2.08. The highest BCUT2D eigenvalue weighted by Gasteiger charge is 2.49. The van der Waals surface area contributed by atoms with E-state index in [2.05, 4.69) is 0 Å². The van der Waals surface area contributed by atoms with Gasteiger partial charge in [-0.15, -0.1) is 12.4 Å². The molecule has 2 aliphatic rings. The highest BCUT2D eigenvalue weighted by Crippen LogP contribution is 2.39. The first-order valence-electron chi connectivity index (χ1n) is 3.27. The van der Waals surface area contributed by atoms with Gasteiger partial charge in [0.15, 0.2) is 0 Å². The van der Waals surface area contributed by atoms with E-state index < -0.39 is 0 Å². The molecule has 1 heterocycles. The molecule has 54 valence electrons. The Bertz CT molecular complexity index is 97.2. The average Bonchev–Trinajstić information content (AvgIpc) is 2.46. The number of fused-ring (bicyclic) bond motifs is 1. The second kappa shape index (κ2) is 2.45. The molecule has 2 rings (SSSR count). The van der Waals surface area contributed by atoms with E-state index in [-0.39, 0.29) is 12.4 Å². The maximum atomic E-state index is 5.65. The van der Waals surface area contributed by atoms with Crippen molar-refractivity contribution in [3.05, 3.63) is 0 Å². The van der Waals surface area contributed by atoms with Gasteiger partial charge >= 0.3 is 0 Å². The molecular formula is C6H12ClNO. The molecule has 3 heteroatoms. The van der Waals surface area contributed by atoms with Gasteiger partial charge in [0.1, 0.15) is 0 Å². The van der Waals surface area contributed by atoms with E-state index in [4.69, 9.17) is 10.5 Å². The quantitative estimate of drug-likeness (QED) is 0.546. The molecule has 9 heavy (non-hydrogen) atoms. The fourth-order valence-electron chi connectivity index (χ4n) is 1.50. The lowest BCUT2D eigenvalue weighted by atomic mass is 10.2. The summed E-state index contributed by atoms with van der Waals surface area (Å²) >= 11 is 0. The molecule has 2 fully saturated rings. The number of halogens is 1. The minimum Gasteiger partial charge on any atom is -0.376 e. The van der Waals surface area contributed by atoms with Crippen LogP contribution in [0.1, 0.15) is 12.8 Å². The van der Waals surface area contributed by atoms with E-state index in [1.807, 2.05) is 0 Å². The predicted octanol–water partition coefficient (Wildman–Crippen LogP) is 0.544. The number of ether oxygens (including phenoxy) is 1. The van der Waals surface area contributed by atoms with Gasteiger partial charge in [0.2, 0.25) is 0 Å². The largest absolute Gasteiger partial charge is 0.376 e. The summed E-state index contributed by atoms with van der Waals surface area (Å²) in [6, 6.07) is 0.387. The van der Waals surface area contributed by atoms with Crippen molar-refractivity contribution in [2.24, 2.45) is 11.7 Å². The van der Waals surface area contributed by atoms with Crippen LogP contribution in [-0.2, 0) is 4.74 Å². The Morgan fingerprint density at radius 1 is 1.44 bits per heavy atom. The molecule has 0 spiro atoms. The Morgan fingerprint density at radius 2 is 2.22 bits per heavy atom. The zero-order chi connectivity index (χ0) is 5.56. The van der Waals surface area contributed by atoms with Crippen LogP contribution < -0.4 is 5.73 Å². The molecule has 1 aliphatic heterocycles. The Hall–Kier alpha value is 0.210. The van der Waals surface area contributed by atoms with Crippen LogP contribution in [0.3, 0.4) is 0 Å². The highest BCUT2D eigenvalue weighted by atomic mass is 35.5. The van der Waals surface area contributed by atoms with Crippen molar-refractivity contribution in [2.45, 2.75) is 25.0 Å². The number of hydrogen-bond acceptors (Lipinski definition) is 2. The molecule has 3 atom stereocenters. The van der Waals surface area contributed by atoms with Crippen LogP contribution in [0.25, 0.3) is 0 Å². The zero-order valence-corrected chi connectivity index (χ0v) is 6.06. The molecule has 0 aromatic rings. The normalized spacial score (nSPS) is 47.0. The van der Waals surface area contributed by atoms with Crippen LogP contribution in [0.15, 0.2) is 0 Å². The molecular weight excluding hydrogens is 138 g/mol. The first kappa shape index (κ1) is 7.32. The van der Waals surface area contributed by atoms with Crippen molar-refractivity contribution in [1.29, 1.82) is 0 Å². The molecule has 1 saturated heterocycles. The first-order chi connectivity index (χ1) is 3.89. The van der Waals surface area contributed by atoms with Gasteiger partial charge in [-0.3, -0.25) is 0 Å². The lowest BCUT2D eigenvalue weighted by molar-refractivity contribution is 0.0783. The summed E-state index contributed by atoms with van der Waals surface area (Å²) in [5.41, 5.74) is 5.65. The van der Waals surface area contributed by atoms with Crippen molar-refractivity contribution >= 4 is 12.4 Å². The smallest absolute Gasteiger partial charge is 0.0773 e. The van der Waals surface area contributed by atoms with E-state index in [0.29, 0.717) is 12.1 Å². The Labute approximate surface area is 61.2 Å². The molecule has 0 bridgehead atoms. The third kappa shape index (κ3) is 1.07. The summed E-state index contributed by atoms with van der Waals surface area (Å²) < 4.78 is 5.34. The second-order valence-corrected chi connectivity index (χ2v) is 2.72. The molecule has 2 nitrogen and oxygen atoms in total. The molecule has 2 N–H and O–H groups in total. The van der Waals surface area contributed by atoms with Gasteiger partial charge in [0.25, 0.3) is 0 Å². The first-order valence-corrected chi connectivity index (χ1v) is 3.27. The van der Waals surface area contributed by atoms with Gasteiger partial charge in [0, 0.05) is 18.6 Å². The molecule has 0 aromatic carbocycles. The van der Waals surface area contributed by atoms with Crippen LogP contribution in [0, 0.1) is 5.92 Å². The van der Waals surface area contributed by atoms with Crippen LogP contribution in [0.2, 0.25) is 0 Å². The summed E-state index contributed by atoms with van der Waals surface area (Å²) in [6.45, 7) is 0.939. The topological polar surface area (TPSA) is 35.2 Å². The summed E-state index contributed by atoms with van der Waals surface area (Å²) in [6.07, 6.45) is 2.96. The number of hydrogen-bond donors (Lipinski definition) is 1. The van der Waals surface area contributed by atoms with Crippen molar-refractivity contribution < 1.29 is 4.74 Å². The summed E-state index contributed by atoms with van der Waals surface area (Å²) in [5.74, 6) is 0.726. The van der Waals surface area contributed by atoms with Gasteiger partial charge in [-0.25, -0.2) is 0 Å². The number of rotatable bonds is 0. The predicted molar refractivity (Wildman–Crippen MR) is 37.7 cm³/mol. The van der Waals surface area contributed by atoms with E-state index in [0.717, 1.165) is 12.5 Å². The molecule has 0 amide bonds. The van der Waals surface area contributed by atoms with Gasteiger partial charge in [0.05, 0.1) is 6.10 Å². The van der Waals surface area contributed by atoms with Crippen LogP contribution in [0.5, 0.6) is 0 Å². The standard InChI is InChI=1S/C6H11NO.ClH/c7-5-4-2-1-3-8-6(4)5;/h4-6H,1-3,7H2;1H. The number of nitrogens with two attached hydrogens (primary N) is 1. The van der Waals surface area contributed by atoms with Gasteiger partial charge < -0.3 is 10.5 Å². The monoisotopic (exact) mass is 149 g/mol. The van der Waals surface area contributed by atoms with Crippen molar-refractivity contribution in [2.75, 3.05) is 6.61 Å². The average molecular weight is 150 g/mol. The molecule has 1 aliphatic carbocycles. The van der Waals surface area contributed by atoms with Crippen LogP contribution >= 0.6 is 12.4 Å². The fourth-order valence-corrected chi connectivity index (χ4v) is 1.50. The van der Waals surface area contributed by atoms with Crippen molar-refractivity contribution in [3.8, 4) is 0 Å². The summed E-state index contributed by atoms with van der Waals surface area (Å²) in [7, 11) is 0. The summed E-state index contributed by atoms with van der Waals surface area (Å²) in [5, 5.41) is 0. The van der Waals surface area contributed by atoms with Crippen LogP contribution in [-0.4, -0.2) is 18.8 Å². The van der Waals surface area contributed by atoms with E-state index in [9.17, 15) is 0 Å². The third-order valence-electron chi connectivity index (χ3n) is 2.15. The molecule has 1 saturated carbocycles. The third-order valence-corrected chi connectivity index (χ3v) is 2.15. The van der Waals surface area contributed by atoms with E-state index in [1.165, 1.54) is 12.8 Å². The maximum Gasteiger partial charge on any atom is 0.0773 e. The lowest BCUT2D eigenvalue weighted by Gasteiger charge is -2.06. The fraction of sp³-hybridized carbons (Fsp3) is 1.00. The van der Waals surface area contributed by atoms with E-state index >= 15 is 0 Å². The zero-order valence-electron chi connectivity index (χ0n) is 5.25. The Balaban J connectivity index is 0.000000405. The van der Waals surface area contributed by atoms with Gasteiger partial charge in [-0.1, -0.05) is 0 Å². The minimum atomic E-state index is 0. The molecule has 3 unspecified atom stereocenters. The molecule has 0 radical (unpaired) electrons. The Morgan fingerprint density at radius 3 is 2.67 bits per heavy atom. The highest BCUT2D eigenvalue weighted by molar-refractivity contribution is 5.85. The van der Waals surface area contributed by atoms with Gasteiger partial charge in [-0.2, -0.15) is 0 Å². The van der Waals surface area contributed by atoms with Gasteiger partial charge in [-0.05, 0) is 12.8 Å². The van der Waals surface area contributed by atoms with E-state index in [1.54, 1.807) is 0 Å². The second-order valence-electron chi connectivity index (χ2n) is 2.72. The van der Waals surface area contributed by atoms with Crippen molar-refractivity contribution in [3.63, 3.8) is 0 Å². The Kier molecular flexibility index (Phi) is 1.99. The maximum absolute atomic E-state index is 5.65. The minimum absolute atomic E-state index is 0. The van der Waals surface area contributed by atoms with Crippen LogP contribution in [0.4, 0.5) is 0 Å². The van der Waals surface area contributed by atoms with Crippen molar-refractivity contribution in [1.82, 2.24) is 0 Å². The SMILES string of the molecule is Cl.NC1C2CCCOC12.